The van der Waals surface area contributed by atoms with Gasteiger partial charge < -0.3 is 5.32 Å². The van der Waals surface area contributed by atoms with Gasteiger partial charge in [0, 0.05) is 24.2 Å². The van der Waals surface area contributed by atoms with Crippen LogP contribution in [-0.4, -0.2) is 16.8 Å². The highest BCUT2D eigenvalue weighted by Crippen LogP contribution is 2.27. The van der Waals surface area contributed by atoms with E-state index in [4.69, 9.17) is 11.6 Å². The van der Waals surface area contributed by atoms with Crippen LogP contribution in [0.15, 0.2) is 18.2 Å². The molecule has 108 valence electrons. The highest BCUT2D eigenvalue weighted by molar-refractivity contribution is 6.30. The summed E-state index contributed by atoms with van der Waals surface area (Å²) in [4.78, 5) is 0. The van der Waals surface area contributed by atoms with E-state index in [9.17, 15) is 8.78 Å². The van der Waals surface area contributed by atoms with Gasteiger partial charge in [-0.3, -0.25) is 4.68 Å². The van der Waals surface area contributed by atoms with Crippen LogP contribution in [0.2, 0.25) is 5.15 Å². The first kappa shape index (κ1) is 14.9. The molecule has 0 aliphatic carbocycles. The van der Waals surface area contributed by atoms with E-state index < -0.39 is 11.6 Å². The second kappa shape index (κ2) is 5.89. The molecule has 2 rings (SSSR count). The minimum absolute atomic E-state index is 0.284. The Bertz CT molecular complexity index is 625. The molecule has 1 unspecified atom stereocenters. The number of nitrogens with one attached hydrogen (secondary N) is 1. The van der Waals surface area contributed by atoms with Crippen molar-refractivity contribution in [1.29, 1.82) is 0 Å². The van der Waals surface area contributed by atoms with Crippen LogP contribution in [-0.2, 0) is 13.5 Å². The van der Waals surface area contributed by atoms with E-state index in [0.29, 0.717) is 11.6 Å². The summed E-state index contributed by atoms with van der Waals surface area (Å²) in [5, 5.41) is 7.73. The Kier molecular flexibility index (Phi) is 4.40. The summed E-state index contributed by atoms with van der Waals surface area (Å²) in [6.45, 7) is 1.84. The fourth-order valence-corrected chi connectivity index (χ4v) is 2.52. The van der Waals surface area contributed by atoms with E-state index in [-0.39, 0.29) is 11.6 Å². The normalized spacial score (nSPS) is 12.7. The summed E-state index contributed by atoms with van der Waals surface area (Å²) in [7, 11) is 3.45. The lowest BCUT2D eigenvalue weighted by atomic mass is 9.99. The van der Waals surface area contributed by atoms with Gasteiger partial charge in [-0.2, -0.15) is 5.10 Å². The molecule has 0 spiro atoms. The molecule has 1 aromatic heterocycles. The van der Waals surface area contributed by atoms with E-state index >= 15 is 0 Å². The SMILES string of the molecule is CNC(Cc1c(C)nn(C)c1Cl)c1cccc(F)c1F. The molecule has 0 aliphatic rings. The van der Waals surface area contributed by atoms with Crippen LogP contribution in [0.1, 0.15) is 22.9 Å². The smallest absolute Gasteiger partial charge is 0.163 e. The van der Waals surface area contributed by atoms with Crippen molar-refractivity contribution in [2.45, 2.75) is 19.4 Å². The van der Waals surface area contributed by atoms with Crippen molar-refractivity contribution >= 4 is 11.6 Å². The van der Waals surface area contributed by atoms with Gasteiger partial charge >= 0.3 is 0 Å². The van der Waals surface area contributed by atoms with Crippen LogP contribution < -0.4 is 5.32 Å². The first-order chi connectivity index (χ1) is 9.45. The molecular formula is C14H16ClF2N3. The standard InChI is InChI=1S/C14H16ClF2N3/c1-8-10(14(15)20(3)19-8)7-12(18-2)9-5-4-6-11(16)13(9)17/h4-6,12,18H,7H2,1-3H3. The third-order valence-corrected chi connectivity index (χ3v) is 3.86. The van der Waals surface area contributed by atoms with Gasteiger partial charge in [-0.1, -0.05) is 23.7 Å². The summed E-state index contributed by atoms with van der Waals surface area (Å²) in [6.07, 6.45) is 0.440. The highest BCUT2D eigenvalue weighted by Gasteiger charge is 2.21. The molecule has 2 aromatic rings. The molecule has 6 heteroatoms. The number of likely N-dealkylation sites (N-methyl/N-ethyl adjacent to an activating group) is 1. The van der Waals surface area contributed by atoms with Gasteiger partial charge in [-0.25, -0.2) is 8.78 Å². The zero-order valence-electron chi connectivity index (χ0n) is 11.5. The van der Waals surface area contributed by atoms with E-state index in [2.05, 4.69) is 10.4 Å². The number of hydrogen-bond acceptors (Lipinski definition) is 2. The Balaban J connectivity index is 2.36. The lowest BCUT2D eigenvalue weighted by Crippen LogP contribution is -2.21. The third-order valence-electron chi connectivity index (χ3n) is 3.38. The highest BCUT2D eigenvalue weighted by atomic mass is 35.5. The Morgan fingerprint density at radius 2 is 2.10 bits per heavy atom. The summed E-state index contributed by atoms with van der Waals surface area (Å²) in [6, 6.07) is 3.80. The van der Waals surface area contributed by atoms with Crippen molar-refractivity contribution in [1.82, 2.24) is 15.1 Å². The first-order valence-electron chi connectivity index (χ1n) is 6.24. The van der Waals surface area contributed by atoms with Gasteiger partial charge in [-0.15, -0.1) is 0 Å². The summed E-state index contributed by atoms with van der Waals surface area (Å²) < 4.78 is 28.8. The summed E-state index contributed by atoms with van der Waals surface area (Å²) in [5.41, 5.74) is 1.90. The number of aryl methyl sites for hydroxylation is 2. The molecule has 0 saturated carbocycles. The van der Waals surface area contributed by atoms with Gasteiger partial charge in [0.1, 0.15) is 5.15 Å². The number of nitrogens with zero attached hydrogens (tertiary/aromatic N) is 2. The average molecular weight is 300 g/mol. The fraction of sp³-hybridized carbons (Fsp3) is 0.357. The van der Waals surface area contributed by atoms with Crippen LogP contribution in [0.25, 0.3) is 0 Å². The van der Waals surface area contributed by atoms with Gasteiger partial charge in [-0.05, 0) is 26.5 Å². The Labute approximate surface area is 121 Å². The average Bonchev–Trinajstić information content (AvgIpc) is 2.65. The van der Waals surface area contributed by atoms with Crippen molar-refractivity contribution in [3.8, 4) is 0 Å². The van der Waals surface area contributed by atoms with Gasteiger partial charge in [0.2, 0.25) is 0 Å². The van der Waals surface area contributed by atoms with E-state index in [1.165, 1.54) is 6.07 Å². The molecule has 1 aromatic carbocycles. The van der Waals surface area contributed by atoms with Crippen LogP contribution in [0.3, 0.4) is 0 Å². The van der Waals surface area contributed by atoms with Crippen molar-refractivity contribution in [2.24, 2.45) is 7.05 Å². The maximum absolute atomic E-state index is 13.9. The van der Waals surface area contributed by atoms with E-state index in [1.807, 2.05) is 6.92 Å². The molecular weight excluding hydrogens is 284 g/mol. The number of aromatic nitrogens is 2. The molecule has 1 atom stereocenters. The molecule has 0 radical (unpaired) electrons. The summed E-state index contributed by atoms with van der Waals surface area (Å²) >= 11 is 6.18. The molecule has 20 heavy (non-hydrogen) atoms. The number of halogens is 3. The summed E-state index contributed by atoms with van der Waals surface area (Å²) in [5.74, 6) is -1.68. The number of rotatable bonds is 4. The Morgan fingerprint density at radius 1 is 1.40 bits per heavy atom. The van der Waals surface area contributed by atoms with Crippen molar-refractivity contribution < 1.29 is 8.78 Å². The largest absolute Gasteiger partial charge is 0.313 e. The quantitative estimate of drug-likeness (QED) is 0.940. The zero-order valence-corrected chi connectivity index (χ0v) is 12.3. The molecule has 1 heterocycles. The molecule has 0 saturated heterocycles. The van der Waals surface area contributed by atoms with E-state index in [1.54, 1.807) is 24.8 Å². The topological polar surface area (TPSA) is 29.9 Å². The fourth-order valence-electron chi connectivity index (χ4n) is 2.27. The minimum Gasteiger partial charge on any atom is -0.313 e. The minimum atomic E-state index is -0.850. The molecule has 0 aliphatic heterocycles. The van der Waals surface area contributed by atoms with Crippen LogP contribution in [0, 0.1) is 18.6 Å². The second-order valence-electron chi connectivity index (χ2n) is 4.67. The van der Waals surface area contributed by atoms with E-state index in [0.717, 1.165) is 17.3 Å². The first-order valence-corrected chi connectivity index (χ1v) is 6.62. The van der Waals surface area contributed by atoms with Crippen molar-refractivity contribution in [3.63, 3.8) is 0 Å². The molecule has 1 N–H and O–H groups in total. The zero-order chi connectivity index (χ0) is 14.9. The van der Waals surface area contributed by atoms with Crippen molar-refractivity contribution in [3.05, 3.63) is 51.8 Å². The maximum atomic E-state index is 13.9. The van der Waals surface area contributed by atoms with Crippen LogP contribution >= 0.6 is 11.6 Å². The molecule has 3 nitrogen and oxygen atoms in total. The monoisotopic (exact) mass is 299 g/mol. The number of benzene rings is 1. The van der Waals surface area contributed by atoms with Crippen LogP contribution in [0.5, 0.6) is 0 Å². The van der Waals surface area contributed by atoms with Gasteiger partial charge in [0.05, 0.1) is 5.69 Å². The Morgan fingerprint density at radius 3 is 2.65 bits per heavy atom. The molecule has 0 fully saturated rings. The third kappa shape index (κ3) is 2.69. The molecule has 0 amide bonds. The predicted octanol–water partition coefficient (Wildman–Crippen LogP) is 3.16. The van der Waals surface area contributed by atoms with Gasteiger partial charge in [0.25, 0.3) is 0 Å². The second-order valence-corrected chi connectivity index (χ2v) is 5.02. The predicted molar refractivity (Wildman–Crippen MR) is 74.8 cm³/mol. The Hall–Kier alpha value is -1.46. The van der Waals surface area contributed by atoms with Crippen LogP contribution in [0.4, 0.5) is 8.78 Å². The molecule has 0 bridgehead atoms. The number of hydrogen-bond donors (Lipinski definition) is 1. The lowest BCUT2D eigenvalue weighted by Gasteiger charge is -2.17. The van der Waals surface area contributed by atoms with Gasteiger partial charge in [0.15, 0.2) is 11.6 Å². The van der Waals surface area contributed by atoms with Crippen molar-refractivity contribution in [2.75, 3.05) is 7.05 Å². The lowest BCUT2D eigenvalue weighted by molar-refractivity contribution is 0.473. The maximum Gasteiger partial charge on any atom is 0.163 e.